The average Bonchev–Trinajstić information content (AvgIpc) is 2.68. The highest BCUT2D eigenvalue weighted by Gasteiger charge is 2.20. The first-order valence-corrected chi connectivity index (χ1v) is 9.00. The Hall–Kier alpha value is -3.00. The van der Waals surface area contributed by atoms with E-state index in [9.17, 15) is 18.4 Å². The van der Waals surface area contributed by atoms with E-state index < -0.39 is 18.5 Å². The van der Waals surface area contributed by atoms with Gasteiger partial charge in [-0.25, -0.2) is 4.79 Å². The zero-order valence-electron chi connectivity index (χ0n) is 15.5. The number of quaternary nitrogens is 1. The van der Waals surface area contributed by atoms with Crippen molar-refractivity contribution in [3.05, 3.63) is 65.7 Å². The van der Waals surface area contributed by atoms with Crippen LogP contribution in [0.3, 0.4) is 0 Å². The fourth-order valence-electron chi connectivity index (χ4n) is 2.67. The van der Waals surface area contributed by atoms with Crippen LogP contribution in [-0.2, 0) is 4.79 Å². The Balaban J connectivity index is 2.06. The lowest BCUT2D eigenvalue weighted by Crippen LogP contribution is -2.88. The number of alkyl halides is 2. The number of hydrogen-bond donors (Lipinski definition) is 3. The lowest BCUT2D eigenvalue weighted by Gasteiger charge is -2.17. The summed E-state index contributed by atoms with van der Waals surface area (Å²) in [6.45, 7) is -0.459. The molecule has 2 aromatic rings. The number of hydrogen-bond acceptors (Lipinski definition) is 3. The van der Waals surface area contributed by atoms with Crippen molar-refractivity contribution < 1.29 is 28.4 Å². The molecule has 0 saturated carbocycles. The highest BCUT2D eigenvalue weighted by atomic mass is 19.3. The Kier molecular flexibility index (Phi) is 8.36. The second-order valence-electron chi connectivity index (χ2n) is 6.08. The molecule has 2 aromatic carbocycles. The predicted molar refractivity (Wildman–Crippen MR) is 100.0 cm³/mol. The minimum absolute atomic E-state index is 0.0222. The van der Waals surface area contributed by atoms with E-state index in [-0.39, 0.29) is 18.3 Å². The van der Waals surface area contributed by atoms with E-state index in [1.54, 1.807) is 17.4 Å². The molecule has 0 heterocycles. The van der Waals surface area contributed by atoms with Crippen LogP contribution in [0.2, 0.25) is 0 Å². The molecular weight excluding hydrogens is 368 g/mol. The molecule has 0 spiro atoms. The van der Waals surface area contributed by atoms with Gasteiger partial charge in [-0.2, -0.15) is 8.78 Å². The van der Waals surface area contributed by atoms with Crippen molar-refractivity contribution in [3.8, 4) is 5.75 Å². The first-order chi connectivity index (χ1) is 13.5. The van der Waals surface area contributed by atoms with Gasteiger partial charge in [-0.1, -0.05) is 37.3 Å². The zero-order chi connectivity index (χ0) is 20.4. The summed E-state index contributed by atoms with van der Waals surface area (Å²) in [5, 5.41) is 6.63. The molecule has 2 rings (SSSR count). The maximum atomic E-state index is 12.3. The molecule has 0 aliphatic rings. The number of nitrogens with one attached hydrogen (secondary N) is 2. The summed E-state index contributed by atoms with van der Waals surface area (Å²) in [5.74, 6) is -0.358. The van der Waals surface area contributed by atoms with E-state index >= 15 is 0 Å². The van der Waals surface area contributed by atoms with Gasteiger partial charge >= 0.3 is 12.6 Å². The van der Waals surface area contributed by atoms with Gasteiger partial charge in [0.05, 0.1) is 0 Å². The normalized spacial score (nSPS) is 11.7. The molecule has 8 heteroatoms. The molecule has 0 fully saturated rings. The fourth-order valence-corrected chi connectivity index (χ4v) is 2.67. The van der Waals surface area contributed by atoms with Crippen molar-refractivity contribution >= 4 is 11.9 Å². The molecule has 0 radical (unpaired) electrons. The molecule has 0 saturated heterocycles. The molecule has 0 aromatic heterocycles. The summed E-state index contributed by atoms with van der Waals surface area (Å²) >= 11 is 0. The number of nitrogens with two attached hydrogens (primary N) is 1. The lowest BCUT2D eigenvalue weighted by molar-refractivity contribution is -0.676. The Bertz CT molecular complexity index is 755. The van der Waals surface area contributed by atoms with Crippen molar-refractivity contribution in [2.45, 2.75) is 26.0 Å². The molecule has 4 N–H and O–H groups in total. The van der Waals surface area contributed by atoms with Crippen LogP contribution >= 0.6 is 0 Å². The van der Waals surface area contributed by atoms with Crippen molar-refractivity contribution in [1.82, 2.24) is 10.6 Å². The van der Waals surface area contributed by atoms with Crippen molar-refractivity contribution in [3.63, 3.8) is 0 Å². The number of urea groups is 1. The quantitative estimate of drug-likeness (QED) is 0.612. The van der Waals surface area contributed by atoms with Crippen molar-refractivity contribution in [2.75, 3.05) is 13.1 Å². The third-order valence-corrected chi connectivity index (χ3v) is 3.95. The second-order valence-corrected chi connectivity index (χ2v) is 6.08. The summed E-state index contributed by atoms with van der Waals surface area (Å²) in [7, 11) is 0. The van der Waals surface area contributed by atoms with Crippen molar-refractivity contribution in [1.29, 1.82) is 0 Å². The van der Waals surface area contributed by atoms with Crippen LogP contribution in [0, 0.1) is 0 Å². The number of rotatable bonds is 9. The van der Waals surface area contributed by atoms with Gasteiger partial charge in [0, 0.05) is 17.7 Å². The number of amides is 3. The average molecular weight is 392 g/mol. The molecule has 0 aliphatic heterocycles. The van der Waals surface area contributed by atoms with Gasteiger partial charge in [-0.3, -0.25) is 10.1 Å². The van der Waals surface area contributed by atoms with Crippen LogP contribution in [0.25, 0.3) is 0 Å². The van der Waals surface area contributed by atoms with E-state index in [0.717, 1.165) is 17.5 Å². The summed E-state index contributed by atoms with van der Waals surface area (Å²) in [4.78, 5) is 23.6. The van der Waals surface area contributed by atoms with Crippen LogP contribution in [0.5, 0.6) is 5.75 Å². The van der Waals surface area contributed by atoms with Crippen molar-refractivity contribution in [2.24, 2.45) is 0 Å². The van der Waals surface area contributed by atoms with Gasteiger partial charge in [-0.05, 0) is 30.7 Å². The second kappa shape index (κ2) is 11.0. The number of carbonyl (C=O) groups excluding carboxylic acids is 2. The fraction of sp³-hybridized carbons (Fsp3) is 0.300. The molecule has 0 aliphatic carbocycles. The molecule has 1 atom stereocenters. The van der Waals surface area contributed by atoms with Crippen LogP contribution < -0.4 is 20.7 Å². The first-order valence-electron chi connectivity index (χ1n) is 9.00. The number of benzene rings is 2. The minimum atomic E-state index is -2.88. The smallest absolute Gasteiger partial charge is 0.387 e. The molecule has 0 bridgehead atoms. The highest BCUT2D eigenvalue weighted by molar-refractivity contribution is 5.94. The molecular formula is C20H24F2N3O3+. The molecule has 6 nitrogen and oxygen atoms in total. The molecule has 3 amide bonds. The maximum Gasteiger partial charge on any atom is 0.387 e. The molecule has 28 heavy (non-hydrogen) atoms. The van der Waals surface area contributed by atoms with Crippen LogP contribution in [0.15, 0.2) is 54.6 Å². The van der Waals surface area contributed by atoms with Gasteiger partial charge < -0.3 is 15.4 Å². The lowest BCUT2D eigenvalue weighted by atomic mass is 9.98. The van der Waals surface area contributed by atoms with E-state index in [1.807, 2.05) is 37.3 Å². The molecule has 0 unspecified atom stereocenters. The molecule has 150 valence electrons. The van der Waals surface area contributed by atoms with E-state index in [1.165, 1.54) is 12.1 Å². The Labute approximate surface area is 162 Å². The van der Waals surface area contributed by atoms with Crippen LogP contribution in [0.4, 0.5) is 13.6 Å². The van der Waals surface area contributed by atoms with Crippen LogP contribution in [0.1, 0.15) is 30.5 Å². The third kappa shape index (κ3) is 6.96. The zero-order valence-corrected chi connectivity index (χ0v) is 15.5. The number of imide groups is 1. The Morgan fingerprint density at radius 1 is 1.04 bits per heavy atom. The van der Waals surface area contributed by atoms with Gasteiger partial charge in [0.1, 0.15) is 11.8 Å². The van der Waals surface area contributed by atoms with Gasteiger partial charge in [0.15, 0.2) is 6.54 Å². The Morgan fingerprint density at radius 2 is 1.68 bits per heavy atom. The first kappa shape index (κ1) is 21.3. The number of carbonyl (C=O) groups is 2. The third-order valence-electron chi connectivity index (χ3n) is 3.95. The number of ether oxygens (including phenoxy) is 1. The van der Waals surface area contributed by atoms with Gasteiger partial charge in [0.25, 0.3) is 5.91 Å². The summed E-state index contributed by atoms with van der Waals surface area (Å²) in [6, 6.07) is 15.0. The van der Waals surface area contributed by atoms with Gasteiger partial charge in [0.2, 0.25) is 0 Å². The van der Waals surface area contributed by atoms with Gasteiger partial charge in [-0.15, -0.1) is 0 Å². The predicted octanol–water partition coefficient (Wildman–Crippen LogP) is 2.18. The Morgan fingerprint density at radius 3 is 2.29 bits per heavy atom. The standard InChI is InChI=1S/C20H23F2N3O3/c1-2-12-23-20(27)25-17(26)13-24-18(14-6-4-3-5-7-14)15-8-10-16(11-9-15)28-19(21)22/h3-11,18-19,24H,2,12-13H2,1H3,(H2,23,25,26,27)/p+1/t18-/m0/s1. The summed E-state index contributed by atoms with van der Waals surface area (Å²) in [5.41, 5.74) is 1.75. The maximum absolute atomic E-state index is 12.3. The minimum Gasteiger partial charge on any atom is -0.435 e. The van der Waals surface area contributed by atoms with E-state index in [2.05, 4.69) is 15.4 Å². The highest BCUT2D eigenvalue weighted by Crippen LogP contribution is 2.22. The monoisotopic (exact) mass is 392 g/mol. The summed E-state index contributed by atoms with van der Waals surface area (Å²) in [6.07, 6.45) is 0.773. The van der Waals surface area contributed by atoms with E-state index in [0.29, 0.717) is 6.54 Å². The SMILES string of the molecule is CCCNC(=O)NC(=O)C[NH2+][C@@H](c1ccccc1)c1ccc(OC(F)F)cc1. The largest absolute Gasteiger partial charge is 0.435 e. The van der Waals surface area contributed by atoms with Crippen LogP contribution in [-0.4, -0.2) is 31.6 Å². The number of halogens is 2. The summed E-state index contributed by atoms with van der Waals surface area (Å²) < 4.78 is 29.0. The van der Waals surface area contributed by atoms with E-state index in [4.69, 9.17) is 0 Å². The topological polar surface area (TPSA) is 84.0 Å².